The van der Waals surface area contributed by atoms with Gasteiger partial charge in [-0.25, -0.2) is 14.8 Å². The molecule has 17 heteroatoms. The molecular formula is C44H46N4O13. The average Bonchev–Trinajstić information content (AvgIpc) is 4.03. The molecule has 3 aromatic rings. The Labute approximate surface area is 349 Å². The van der Waals surface area contributed by atoms with Crippen LogP contribution in [-0.4, -0.2) is 109 Å². The summed E-state index contributed by atoms with van der Waals surface area (Å²) in [6.45, 7) is 2.32. The van der Waals surface area contributed by atoms with Gasteiger partial charge < -0.3 is 59.4 Å². The van der Waals surface area contributed by atoms with Crippen molar-refractivity contribution in [3.05, 3.63) is 89.0 Å². The maximum absolute atomic E-state index is 12.6. The van der Waals surface area contributed by atoms with Crippen molar-refractivity contribution in [3.8, 4) is 34.5 Å². The van der Waals surface area contributed by atoms with Crippen LogP contribution >= 0.6 is 0 Å². The zero-order valence-corrected chi connectivity index (χ0v) is 33.1. The number of aryl methyl sites for hydroxylation is 1. The van der Waals surface area contributed by atoms with Crippen LogP contribution in [0, 0.1) is 5.41 Å². The molecule has 5 aliphatic rings. The molecule has 1 aliphatic carbocycles. The number of benzene rings is 3. The highest BCUT2D eigenvalue weighted by Crippen LogP contribution is 2.55. The Morgan fingerprint density at radius 3 is 2.48 bits per heavy atom. The number of fused-ring (bicyclic) bond motifs is 1. The molecule has 61 heavy (non-hydrogen) atoms. The van der Waals surface area contributed by atoms with Crippen molar-refractivity contribution in [1.29, 1.82) is 5.41 Å². The van der Waals surface area contributed by atoms with Crippen molar-refractivity contribution in [1.82, 2.24) is 0 Å². The number of amidine groups is 1. The Morgan fingerprint density at radius 1 is 1.03 bits per heavy atom. The number of aromatic hydroxyl groups is 2. The average molecular weight is 839 g/mol. The number of carboxylic acid groups (broad SMARTS) is 1. The lowest BCUT2D eigenvalue weighted by molar-refractivity contribution is -0.303. The Bertz CT molecular complexity index is 2370. The predicted molar refractivity (Wildman–Crippen MR) is 220 cm³/mol. The van der Waals surface area contributed by atoms with E-state index in [1.807, 2.05) is 13.0 Å². The lowest BCUT2D eigenvalue weighted by Crippen LogP contribution is -2.69. The van der Waals surface area contributed by atoms with Crippen LogP contribution in [0.2, 0.25) is 0 Å². The number of allylic oxidation sites excluding steroid dienone is 1. The summed E-state index contributed by atoms with van der Waals surface area (Å²) < 4.78 is 30.9. The molecule has 0 spiro atoms. The van der Waals surface area contributed by atoms with Gasteiger partial charge in [-0.15, -0.1) is 0 Å². The van der Waals surface area contributed by atoms with Crippen LogP contribution in [0.3, 0.4) is 0 Å². The summed E-state index contributed by atoms with van der Waals surface area (Å²) in [7, 11) is 0. The third-order valence-corrected chi connectivity index (χ3v) is 11.5. The Kier molecular flexibility index (Phi) is 11.3. The Hall–Kier alpha value is -6.27. The van der Waals surface area contributed by atoms with E-state index in [-0.39, 0.29) is 52.4 Å². The van der Waals surface area contributed by atoms with Crippen molar-refractivity contribution in [2.24, 2.45) is 15.0 Å². The molecule has 320 valence electrons. The summed E-state index contributed by atoms with van der Waals surface area (Å²) >= 11 is 0. The maximum atomic E-state index is 12.6. The number of aliphatic carboxylic acids is 1. The van der Waals surface area contributed by atoms with Gasteiger partial charge >= 0.3 is 5.97 Å². The lowest BCUT2D eigenvalue weighted by Gasteiger charge is -2.46. The third kappa shape index (κ3) is 8.16. The highest BCUT2D eigenvalue weighted by Gasteiger charge is 2.59. The molecule has 4 heterocycles. The van der Waals surface area contributed by atoms with E-state index < -0.39 is 60.0 Å². The zero-order valence-electron chi connectivity index (χ0n) is 33.1. The highest BCUT2D eigenvalue weighted by molar-refractivity contribution is 6.14. The first-order chi connectivity index (χ1) is 29.3. The van der Waals surface area contributed by atoms with Crippen LogP contribution in [0.25, 0.3) is 5.76 Å². The molecule has 1 unspecified atom stereocenters. The first kappa shape index (κ1) is 41.5. The van der Waals surface area contributed by atoms with E-state index in [9.17, 15) is 40.5 Å². The molecule has 0 bridgehead atoms. The van der Waals surface area contributed by atoms with E-state index in [0.29, 0.717) is 49.2 Å². The first-order valence-corrected chi connectivity index (χ1v) is 20.0. The van der Waals surface area contributed by atoms with Crippen molar-refractivity contribution in [3.63, 3.8) is 0 Å². The van der Waals surface area contributed by atoms with Crippen LogP contribution in [0.5, 0.6) is 34.5 Å². The van der Waals surface area contributed by atoms with Gasteiger partial charge in [0.05, 0.1) is 13.2 Å². The maximum Gasteiger partial charge on any atom is 0.336 e. The van der Waals surface area contributed by atoms with E-state index in [0.717, 1.165) is 24.1 Å². The second kappa shape index (κ2) is 16.6. The molecule has 8 rings (SSSR count). The van der Waals surface area contributed by atoms with Crippen LogP contribution in [0.4, 0.5) is 0 Å². The first-order valence-electron chi connectivity index (χ1n) is 20.0. The zero-order chi connectivity index (χ0) is 43.1. The topological polar surface area (TPSA) is 266 Å². The molecule has 1 saturated carbocycles. The van der Waals surface area contributed by atoms with E-state index >= 15 is 0 Å². The van der Waals surface area contributed by atoms with Gasteiger partial charge in [0.25, 0.3) is 0 Å². The minimum Gasteiger partial charge on any atom is -0.508 e. The molecule has 0 amide bonds. The molecule has 0 aromatic heterocycles. The summed E-state index contributed by atoms with van der Waals surface area (Å²) in [4.78, 5) is 24.7. The molecule has 1 saturated heterocycles. The second-order valence-electron chi connectivity index (χ2n) is 15.6. The minimum atomic E-state index is -2.55. The normalized spacial score (nSPS) is 26.3. The lowest BCUT2D eigenvalue weighted by atomic mass is 9.80. The smallest absolute Gasteiger partial charge is 0.336 e. The summed E-state index contributed by atoms with van der Waals surface area (Å²) in [5, 5.41) is 86.4. The summed E-state index contributed by atoms with van der Waals surface area (Å²) in [5.74, 6) is -2.58. The number of aliphatic hydroxyl groups is 4. The number of hydrogen-bond acceptors (Lipinski definition) is 15. The predicted octanol–water partition coefficient (Wildman–Crippen LogP) is 4.81. The van der Waals surface area contributed by atoms with E-state index in [1.54, 1.807) is 48.6 Å². The number of aliphatic imine (C=N–C) groups is 3. The molecule has 17 nitrogen and oxygen atoms in total. The van der Waals surface area contributed by atoms with Crippen molar-refractivity contribution < 1.29 is 64.2 Å². The largest absolute Gasteiger partial charge is 0.508 e. The fourth-order valence-electron chi connectivity index (χ4n) is 8.36. The van der Waals surface area contributed by atoms with Gasteiger partial charge in [0.15, 0.2) is 17.6 Å². The monoisotopic (exact) mass is 838 g/mol. The summed E-state index contributed by atoms with van der Waals surface area (Å²) in [5.41, 5.74) is -0.756. The van der Waals surface area contributed by atoms with E-state index in [1.165, 1.54) is 18.5 Å². The third-order valence-electron chi connectivity index (χ3n) is 11.5. The summed E-state index contributed by atoms with van der Waals surface area (Å²) in [6, 6.07) is 13.3. The molecule has 3 aromatic carbocycles. The number of carboxylic acids is 1. The fourth-order valence-corrected chi connectivity index (χ4v) is 8.36. The van der Waals surface area contributed by atoms with Crippen LogP contribution in [-0.2, 0) is 21.6 Å². The number of nitrogens with one attached hydrogen (secondary N) is 1. The van der Waals surface area contributed by atoms with Crippen molar-refractivity contribution in [2.75, 3.05) is 13.2 Å². The van der Waals surface area contributed by atoms with Gasteiger partial charge in [0.1, 0.15) is 70.3 Å². The van der Waals surface area contributed by atoms with Gasteiger partial charge in [-0.1, -0.05) is 25.1 Å². The van der Waals surface area contributed by atoms with E-state index in [2.05, 4.69) is 15.0 Å². The summed E-state index contributed by atoms with van der Waals surface area (Å²) in [6.07, 6.45) is -0.138. The number of ether oxygens (including phenoxy) is 5. The van der Waals surface area contributed by atoms with Crippen LogP contribution in [0.1, 0.15) is 73.8 Å². The minimum absolute atomic E-state index is 0.0172. The molecule has 8 N–H and O–H groups in total. The second-order valence-corrected chi connectivity index (χ2v) is 15.6. The Morgan fingerprint density at radius 2 is 1.80 bits per heavy atom. The molecular weight excluding hydrogens is 792 g/mol. The highest BCUT2D eigenvalue weighted by atomic mass is 16.7. The van der Waals surface area contributed by atoms with Crippen LogP contribution in [0.15, 0.2) is 81.7 Å². The van der Waals surface area contributed by atoms with Crippen molar-refractivity contribution >= 4 is 35.3 Å². The number of rotatable bonds is 14. The van der Waals surface area contributed by atoms with Gasteiger partial charge in [-0.05, 0) is 85.2 Å². The number of hydrogen-bond donors (Lipinski definition) is 8. The number of phenols is 2. The van der Waals surface area contributed by atoms with Gasteiger partial charge in [0.2, 0.25) is 12.0 Å². The number of aliphatic hydroxyl groups excluding tert-OH is 3. The Balaban J connectivity index is 1.13. The molecule has 4 aliphatic heterocycles. The number of nitrogens with zero attached hydrogens (tertiary/aromatic N) is 3. The quantitative estimate of drug-likeness (QED) is 0.108. The molecule has 2 fully saturated rings. The SMILES string of the molecule is CCc1cc(O)cc(C2(Oc3c(O[C@@H]4O[C@H](C(=O)O)[C@](O)(CC5=NC=NC5)[C@@H](O)[C@H]4O)cc4c(c3O)C(O)=CC(c3ccc(OCCC5=NC(=N)C=C5)cc3)O4)CCCC2)c1. The number of carbonyl (C=O) groups is 1. The van der Waals surface area contributed by atoms with Gasteiger partial charge in [-0.2, -0.15) is 0 Å². The van der Waals surface area contributed by atoms with Crippen molar-refractivity contribution in [2.45, 2.75) is 93.8 Å². The molecule has 6 atom stereocenters. The molecule has 0 radical (unpaired) electrons. The fraction of sp³-hybridized carbons (Fsp3) is 0.386. The van der Waals surface area contributed by atoms with E-state index in [4.69, 9.17) is 29.1 Å². The standard InChI is InChI=1S/C44H46N4O13/c1-2-23-15-25(17-28(49)16-23)43(12-3-4-13-43)61-38-33(59-42-37(52)39(53)44(56,40(60-42)41(54)55)20-27-21-46-22-47-27)19-32-35(36(38)51)30(50)18-31(58-32)24-5-8-29(9-6-24)57-14-11-26-7-10-34(45)48-26/h5-10,15-19,22,31,37,39-40,42,45,49-53,56H,2-4,11-14,20-21H2,1H3,(H,54,55)/t31?,37-,39+,40-,42-,44+/m1/s1. The van der Waals surface area contributed by atoms with Crippen LogP contribution < -0.4 is 18.9 Å². The van der Waals surface area contributed by atoms with Gasteiger partial charge in [0, 0.05) is 36.4 Å². The van der Waals surface area contributed by atoms with Gasteiger partial charge in [-0.3, -0.25) is 10.4 Å². The number of phenolic OH excluding ortho intramolecular Hbond substituents is 2.